The summed E-state index contributed by atoms with van der Waals surface area (Å²) in [5.74, 6) is -0.390. The maximum absolute atomic E-state index is 13.3. The lowest BCUT2D eigenvalue weighted by Crippen LogP contribution is -2.34. The fourth-order valence-electron chi connectivity index (χ4n) is 1.70. The van der Waals surface area contributed by atoms with Crippen molar-refractivity contribution in [2.75, 3.05) is 17.7 Å². The van der Waals surface area contributed by atoms with Crippen molar-refractivity contribution < 1.29 is 13.9 Å². The van der Waals surface area contributed by atoms with Crippen LogP contribution in [-0.4, -0.2) is 23.7 Å². The first-order chi connectivity index (χ1) is 10.2. The highest BCUT2D eigenvalue weighted by molar-refractivity contribution is 7.14. The van der Waals surface area contributed by atoms with E-state index in [-0.39, 0.29) is 5.82 Å². The zero-order valence-electron chi connectivity index (χ0n) is 12.9. The first-order valence-electron chi connectivity index (χ1n) is 6.65. The van der Waals surface area contributed by atoms with Gasteiger partial charge in [0.05, 0.1) is 5.69 Å². The van der Waals surface area contributed by atoms with Gasteiger partial charge in [-0.25, -0.2) is 14.2 Å². The maximum Gasteiger partial charge on any atom is 0.416 e. The normalized spacial score (nSPS) is 11.3. The summed E-state index contributed by atoms with van der Waals surface area (Å²) in [5.41, 5.74) is 6.71. The summed E-state index contributed by atoms with van der Waals surface area (Å²) in [5, 5.41) is 2.18. The molecule has 2 N–H and O–H groups in total. The van der Waals surface area contributed by atoms with Crippen molar-refractivity contribution in [3.05, 3.63) is 29.4 Å². The molecule has 118 valence electrons. The Morgan fingerprint density at radius 3 is 2.73 bits per heavy atom. The molecule has 1 amide bonds. The number of nitrogen functional groups attached to an aromatic ring is 1. The highest BCUT2D eigenvalue weighted by Crippen LogP contribution is 2.31. The summed E-state index contributed by atoms with van der Waals surface area (Å²) in [6, 6.07) is 4.10. The zero-order valence-corrected chi connectivity index (χ0v) is 13.7. The fraction of sp³-hybridized carbons (Fsp3) is 0.333. The zero-order chi connectivity index (χ0) is 16.5. The van der Waals surface area contributed by atoms with Crippen LogP contribution in [0.5, 0.6) is 0 Å². The van der Waals surface area contributed by atoms with Crippen LogP contribution in [0.15, 0.2) is 23.6 Å². The third-order valence-corrected chi connectivity index (χ3v) is 3.65. The van der Waals surface area contributed by atoms with E-state index < -0.39 is 11.7 Å². The maximum atomic E-state index is 13.3. The first kappa shape index (κ1) is 16.2. The second-order valence-electron chi connectivity index (χ2n) is 5.79. The van der Waals surface area contributed by atoms with E-state index in [0.717, 1.165) is 0 Å². The second kappa shape index (κ2) is 5.92. The molecular formula is C15H18FN3O2S. The van der Waals surface area contributed by atoms with Gasteiger partial charge in [0.1, 0.15) is 11.4 Å². The van der Waals surface area contributed by atoms with Gasteiger partial charge in [0, 0.05) is 23.7 Å². The number of ether oxygens (including phenoxy) is 1. The highest BCUT2D eigenvalue weighted by atomic mass is 32.1. The van der Waals surface area contributed by atoms with E-state index in [1.165, 1.54) is 34.4 Å². The monoisotopic (exact) mass is 323 g/mol. The Morgan fingerprint density at radius 1 is 1.41 bits per heavy atom. The van der Waals surface area contributed by atoms with Gasteiger partial charge in [-0.05, 0) is 39.0 Å². The molecule has 0 bridgehead atoms. The van der Waals surface area contributed by atoms with Gasteiger partial charge in [0.2, 0.25) is 0 Å². The first-order valence-corrected chi connectivity index (χ1v) is 7.53. The van der Waals surface area contributed by atoms with Gasteiger partial charge >= 0.3 is 6.09 Å². The minimum atomic E-state index is -0.585. The lowest BCUT2D eigenvalue weighted by molar-refractivity contribution is 0.0589. The van der Waals surface area contributed by atoms with Gasteiger partial charge in [-0.1, -0.05) is 0 Å². The van der Waals surface area contributed by atoms with Gasteiger partial charge in [-0.3, -0.25) is 4.90 Å². The molecule has 0 aliphatic carbocycles. The average molecular weight is 323 g/mol. The molecular weight excluding hydrogens is 305 g/mol. The van der Waals surface area contributed by atoms with Crippen LogP contribution in [0.3, 0.4) is 0 Å². The van der Waals surface area contributed by atoms with Crippen molar-refractivity contribution in [3.63, 3.8) is 0 Å². The standard InChI is InChI=1S/C15H18FN3O2S/c1-15(2,3)21-14(20)19(4)13-18-12(8-22-13)10-7-9(16)5-6-11(10)17/h5-8H,17H2,1-4H3. The fourth-order valence-corrected chi connectivity index (χ4v) is 2.48. The highest BCUT2D eigenvalue weighted by Gasteiger charge is 2.22. The van der Waals surface area contributed by atoms with Crippen molar-refractivity contribution in [3.8, 4) is 11.3 Å². The molecule has 1 aromatic heterocycles. The molecule has 22 heavy (non-hydrogen) atoms. The lowest BCUT2D eigenvalue weighted by atomic mass is 10.1. The number of hydrogen-bond acceptors (Lipinski definition) is 5. The molecule has 1 heterocycles. The van der Waals surface area contributed by atoms with Crippen molar-refractivity contribution in [2.24, 2.45) is 0 Å². The smallest absolute Gasteiger partial charge is 0.416 e. The summed E-state index contributed by atoms with van der Waals surface area (Å²) in [7, 11) is 1.58. The predicted molar refractivity (Wildman–Crippen MR) is 86.6 cm³/mol. The van der Waals surface area contributed by atoms with Crippen molar-refractivity contribution >= 4 is 28.2 Å². The van der Waals surface area contributed by atoms with E-state index >= 15 is 0 Å². The van der Waals surface area contributed by atoms with Gasteiger partial charge in [0.25, 0.3) is 0 Å². The van der Waals surface area contributed by atoms with Crippen LogP contribution in [0.4, 0.5) is 20.0 Å². The number of nitrogens with two attached hydrogens (primary N) is 1. The third-order valence-electron chi connectivity index (χ3n) is 2.74. The Morgan fingerprint density at radius 2 is 2.09 bits per heavy atom. The van der Waals surface area contributed by atoms with Crippen LogP contribution < -0.4 is 10.6 Å². The van der Waals surface area contributed by atoms with Gasteiger partial charge in [-0.2, -0.15) is 0 Å². The van der Waals surface area contributed by atoms with Crippen LogP contribution in [0.2, 0.25) is 0 Å². The molecule has 5 nitrogen and oxygen atoms in total. The number of amides is 1. The topological polar surface area (TPSA) is 68.5 Å². The van der Waals surface area contributed by atoms with E-state index in [1.54, 1.807) is 33.2 Å². The Bertz CT molecular complexity index is 694. The molecule has 2 rings (SSSR count). The molecule has 7 heteroatoms. The number of thiazole rings is 1. The molecule has 0 unspecified atom stereocenters. The van der Waals surface area contributed by atoms with Crippen molar-refractivity contribution in [1.82, 2.24) is 4.98 Å². The third kappa shape index (κ3) is 3.73. The van der Waals surface area contributed by atoms with Crippen LogP contribution in [0.25, 0.3) is 11.3 Å². The van der Waals surface area contributed by atoms with Crippen LogP contribution in [-0.2, 0) is 4.74 Å². The average Bonchev–Trinajstić information content (AvgIpc) is 2.88. The van der Waals surface area contributed by atoms with E-state index in [4.69, 9.17) is 10.5 Å². The number of hydrogen-bond donors (Lipinski definition) is 1. The van der Waals surface area contributed by atoms with Gasteiger partial charge in [0.15, 0.2) is 5.13 Å². The molecule has 2 aromatic rings. The number of halogens is 1. The van der Waals surface area contributed by atoms with E-state index in [9.17, 15) is 9.18 Å². The second-order valence-corrected chi connectivity index (χ2v) is 6.62. The number of aromatic nitrogens is 1. The summed E-state index contributed by atoms with van der Waals surface area (Å²) < 4.78 is 18.6. The number of anilines is 2. The molecule has 1 aromatic carbocycles. The van der Waals surface area contributed by atoms with E-state index in [1.807, 2.05) is 0 Å². The van der Waals surface area contributed by atoms with Gasteiger partial charge in [-0.15, -0.1) is 11.3 Å². The minimum absolute atomic E-state index is 0.390. The molecule has 0 fully saturated rings. The van der Waals surface area contributed by atoms with Crippen LogP contribution in [0, 0.1) is 5.82 Å². The summed E-state index contributed by atoms with van der Waals surface area (Å²) >= 11 is 1.26. The van der Waals surface area contributed by atoms with Crippen LogP contribution in [0.1, 0.15) is 20.8 Å². The van der Waals surface area contributed by atoms with Crippen molar-refractivity contribution in [2.45, 2.75) is 26.4 Å². The molecule has 0 aliphatic rings. The quantitative estimate of drug-likeness (QED) is 0.851. The number of nitrogens with zero attached hydrogens (tertiary/aromatic N) is 2. The number of carbonyl (C=O) groups excluding carboxylic acids is 1. The molecule has 0 atom stereocenters. The van der Waals surface area contributed by atoms with Crippen LogP contribution >= 0.6 is 11.3 Å². The minimum Gasteiger partial charge on any atom is -0.443 e. The molecule has 0 aliphatic heterocycles. The molecule has 0 spiro atoms. The lowest BCUT2D eigenvalue weighted by Gasteiger charge is -2.23. The Labute approximate surface area is 132 Å². The summed E-state index contributed by atoms with van der Waals surface area (Å²) in [6.07, 6.45) is -0.499. The molecule has 0 saturated carbocycles. The SMILES string of the molecule is CN(C(=O)OC(C)(C)C)c1nc(-c2cc(F)ccc2N)cs1. The predicted octanol–water partition coefficient (Wildman–Crippen LogP) is 3.90. The molecule has 0 radical (unpaired) electrons. The molecule has 0 saturated heterocycles. The van der Waals surface area contributed by atoms with Gasteiger partial charge < -0.3 is 10.5 Å². The Hall–Kier alpha value is -2.15. The number of rotatable bonds is 2. The largest absolute Gasteiger partial charge is 0.443 e. The van der Waals surface area contributed by atoms with E-state index in [0.29, 0.717) is 22.1 Å². The Kier molecular flexibility index (Phi) is 4.37. The van der Waals surface area contributed by atoms with Crippen molar-refractivity contribution in [1.29, 1.82) is 0 Å². The summed E-state index contributed by atoms with van der Waals surface area (Å²) in [6.45, 7) is 5.37. The summed E-state index contributed by atoms with van der Waals surface area (Å²) in [4.78, 5) is 17.7. The Balaban J connectivity index is 2.24. The number of carbonyl (C=O) groups is 1. The number of benzene rings is 1. The van der Waals surface area contributed by atoms with E-state index in [2.05, 4.69) is 4.98 Å².